The van der Waals surface area contributed by atoms with Crippen molar-refractivity contribution in [1.82, 2.24) is 9.80 Å². The largest absolute Gasteiger partial charge is 0.388 e. The molecule has 0 aliphatic carbocycles. The van der Waals surface area contributed by atoms with Gasteiger partial charge in [-0.2, -0.15) is 0 Å². The lowest BCUT2D eigenvalue weighted by atomic mass is 10.1. The average molecular weight is 266 g/mol. The van der Waals surface area contributed by atoms with Gasteiger partial charge in [0.25, 0.3) is 0 Å². The van der Waals surface area contributed by atoms with Crippen molar-refractivity contribution in [2.75, 3.05) is 39.3 Å². The summed E-state index contributed by atoms with van der Waals surface area (Å²) >= 11 is 0. The monoisotopic (exact) mass is 266 g/mol. The molecule has 1 fully saturated rings. The van der Waals surface area contributed by atoms with E-state index < -0.39 is 6.10 Å². The first-order valence-electron chi connectivity index (χ1n) is 7.08. The Balaban J connectivity index is 1.78. The van der Waals surface area contributed by atoms with Crippen LogP contribution in [0.15, 0.2) is 24.3 Å². The Morgan fingerprint density at radius 2 is 1.79 bits per heavy atom. The number of rotatable bonds is 5. The van der Waals surface area contributed by atoms with Crippen LogP contribution in [-0.4, -0.2) is 54.2 Å². The van der Waals surface area contributed by atoms with Crippen molar-refractivity contribution in [3.8, 4) is 0 Å². The third kappa shape index (κ3) is 4.00. The number of piperazine rings is 1. The van der Waals surface area contributed by atoms with E-state index in [1.54, 1.807) is 18.2 Å². The summed E-state index contributed by atoms with van der Waals surface area (Å²) in [6.07, 6.45) is -0.113. The molecular weight excluding hydrogens is 243 g/mol. The smallest absolute Gasteiger partial charge is 0.128 e. The Morgan fingerprint density at radius 3 is 2.42 bits per heavy atom. The Hall–Kier alpha value is -0.970. The standard InChI is InChI=1S/C15H23FN2O/c1-2-17-9-11-18(12-10-17)8-7-15(19)13-5-3-4-6-14(13)16/h3-6,15,19H,2,7-12H2,1H3. The lowest BCUT2D eigenvalue weighted by Gasteiger charge is -2.34. The highest BCUT2D eigenvalue weighted by atomic mass is 19.1. The van der Waals surface area contributed by atoms with Crippen LogP contribution in [-0.2, 0) is 0 Å². The van der Waals surface area contributed by atoms with Gasteiger partial charge in [-0.3, -0.25) is 0 Å². The number of nitrogens with zero attached hydrogens (tertiary/aromatic N) is 2. The van der Waals surface area contributed by atoms with Gasteiger partial charge < -0.3 is 14.9 Å². The molecule has 3 nitrogen and oxygen atoms in total. The summed E-state index contributed by atoms with van der Waals surface area (Å²) in [5, 5.41) is 10.1. The van der Waals surface area contributed by atoms with E-state index in [9.17, 15) is 9.50 Å². The molecule has 19 heavy (non-hydrogen) atoms. The minimum absolute atomic E-state index is 0.314. The predicted octanol–water partition coefficient (Wildman–Crippen LogP) is 1.89. The molecule has 0 aromatic heterocycles. The number of hydrogen-bond donors (Lipinski definition) is 1. The summed E-state index contributed by atoms with van der Waals surface area (Å²) in [5.41, 5.74) is 0.412. The van der Waals surface area contributed by atoms with Gasteiger partial charge in [0.15, 0.2) is 0 Å². The first-order chi connectivity index (χ1) is 9.20. The molecule has 106 valence electrons. The first kappa shape index (κ1) is 14.4. The Morgan fingerprint density at radius 1 is 1.16 bits per heavy atom. The van der Waals surface area contributed by atoms with Gasteiger partial charge in [-0.05, 0) is 19.0 Å². The van der Waals surface area contributed by atoms with Gasteiger partial charge in [0, 0.05) is 38.3 Å². The van der Waals surface area contributed by atoms with E-state index >= 15 is 0 Å². The molecule has 1 aliphatic rings. The minimum Gasteiger partial charge on any atom is -0.388 e. The SMILES string of the molecule is CCN1CCN(CCC(O)c2ccccc2F)CC1. The van der Waals surface area contributed by atoms with Crippen LogP contribution in [0.1, 0.15) is 25.0 Å². The molecule has 2 rings (SSSR count). The van der Waals surface area contributed by atoms with Crippen molar-refractivity contribution in [3.05, 3.63) is 35.6 Å². The van der Waals surface area contributed by atoms with Crippen molar-refractivity contribution in [1.29, 1.82) is 0 Å². The molecular formula is C15H23FN2O. The van der Waals surface area contributed by atoms with E-state index in [1.165, 1.54) is 6.07 Å². The maximum Gasteiger partial charge on any atom is 0.128 e. The van der Waals surface area contributed by atoms with Crippen LogP contribution in [0.2, 0.25) is 0 Å². The number of aliphatic hydroxyl groups excluding tert-OH is 1. The van der Waals surface area contributed by atoms with Crippen LogP contribution in [0.3, 0.4) is 0 Å². The Kier molecular flexibility index (Phi) is 5.31. The van der Waals surface area contributed by atoms with Gasteiger partial charge in [-0.25, -0.2) is 4.39 Å². The highest BCUT2D eigenvalue weighted by Crippen LogP contribution is 2.20. The molecule has 0 saturated carbocycles. The van der Waals surface area contributed by atoms with Crippen molar-refractivity contribution < 1.29 is 9.50 Å². The number of benzene rings is 1. The normalized spacial score (nSPS) is 19.5. The molecule has 0 amide bonds. The molecule has 1 saturated heterocycles. The highest BCUT2D eigenvalue weighted by Gasteiger charge is 2.18. The number of aliphatic hydroxyl groups is 1. The minimum atomic E-state index is -0.703. The summed E-state index contributed by atoms with van der Waals surface area (Å²) in [6.45, 7) is 8.37. The van der Waals surface area contributed by atoms with E-state index in [0.29, 0.717) is 12.0 Å². The second-order valence-electron chi connectivity index (χ2n) is 5.10. The van der Waals surface area contributed by atoms with Gasteiger partial charge in [0.2, 0.25) is 0 Å². The van der Waals surface area contributed by atoms with E-state index in [2.05, 4.69) is 16.7 Å². The van der Waals surface area contributed by atoms with Crippen molar-refractivity contribution in [3.63, 3.8) is 0 Å². The van der Waals surface area contributed by atoms with Crippen LogP contribution in [0.5, 0.6) is 0 Å². The molecule has 1 N–H and O–H groups in total. The zero-order valence-corrected chi connectivity index (χ0v) is 11.6. The molecule has 1 aliphatic heterocycles. The zero-order valence-electron chi connectivity index (χ0n) is 11.6. The fourth-order valence-electron chi connectivity index (χ4n) is 2.53. The molecule has 1 aromatic carbocycles. The number of hydrogen-bond acceptors (Lipinski definition) is 3. The summed E-state index contributed by atoms with van der Waals surface area (Å²) < 4.78 is 13.5. The summed E-state index contributed by atoms with van der Waals surface area (Å²) in [7, 11) is 0. The van der Waals surface area contributed by atoms with Crippen molar-refractivity contribution in [2.45, 2.75) is 19.4 Å². The summed E-state index contributed by atoms with van der Waals surface area (Å²) in [6, 6.07) is 6.48. The van der Waals surface area contributed by atoms with Crippen molar-refractivity contribution in [2.24, 2.45) is 0 Å². The van der Waals surface area contributed by atoms with Crippen LogP contribution >= 0.6 is 0 Å². The third-order valence-corrected chi connectivity index (χ3v) is 3.90. The van der Waals surface area contributed by atoms with E-state index in [1.807, 2.05) is 0 Å². The lowest BCUT2D eigenvalue weighted by Crippen LogP contribution is -2.46. The maximum absolute atomic E-state index is 13.5. The quantitative estimate of drug-likeness (QED) is 0.881. The Bertz CT molecular complexity index is 391. The molecule has 0 bridgehead atoms. The van der Waals surface area contributed by atoms with Crippen LogP contribution in [0.25, 0.3) is 0 Å². The topological polar surface area (TPSA) is 26.7 Å². The summed E-state index contributed by atoms with van der Waals surface area (Å²) in [5.74, 6) is -0.314. The molecule has 0 radical (unpaired) electrons. The van der Waals surface area contributed by atoms with Gasteiger partial charge >= 0.3 is 0 Å². The average Bonchev–Trinajstić information content (AvgIpc) is 2.46. The lowest BCUT2D eigenvalue weighted by molar-refractivity contribution is 0.103. The fourth-order valence-corrected chi connectivity index (χ4v) is 2.53. The van der Waals surface area contributed by atoms with Gasteiger partial charge in [0.05, 0.1) is 6.10 Å². The molecule has 1 aromatic rings. The van der Waals surface area contributed by atoms with E-state index in [0.717, 1.165) is 39.3 Å². The first-order valence-corrected chi connectivity index (χ1v) is 7.08. The highest BCUT2D eigenvalue weighted by molar-refractivity contribution is 5.19. The summed E-state index contributed by atoms with van der Waals surface area (Å²) in [4.78, 5) is 4.76. The number of likely N-dealkylation sites (N-methyl/N-ethyl adjacent to an activating group) is 1. The van der Waals surface area contributed by atoms with Gasteiger partial charge in [-0.1, -0.05) is 25.1 Å². The fraction of sp³-hybridized carbons (Fsp3) is 0.600. The molecule has 1 unspecified atom stereocenters. The molecule has 1 heterocycles. The maximum atomic E-state index is 13.5. The second-order valence-corrected chi connectivity index (χ2v) is 5.10. The Labute approximate surface area is 114 Å². The molecule has 1 atom stereocenters. The predicted molar refractivity (Wildman–Crippen MR) is 74.5 cm³/mol. The molecule has 0 spiro atoms. The van der Waals surface area contributed by atoms with Crippen molar-refractivity contribution >= 4 is 0 Å². The van der Waals surface area contributed by atoms with E-state index in [4.69, 9.17) is 0 Å². The van der Waals surface area contributed by atoms with Gasteiger partial charge in [0.1, 0.15) is 5.82 Å². The van der Waals surface area contributed by atoms with Gasteiger partial charge in [-0.15, -0.1) is 0 Å². The van der Waals surface area contributed by atoms with E-state index in [-0.39, 0.29) is 5.82 Å². The van der Waals surface area contributed by atoms with Crippen LogP contribution in [0.4, 0.5) is 4.39 Å². The molecule has 4 heteroatoms. The van der Waals surface area contributed by atoms with Crippen LogP contribution in [0, 0.1) is 5.82 Å². The second kappa shape index (κ2) is 6.98. The van der Waals surface area contributed by atoms with Crippen LogP contribution < -0.4 is 0 Å². The third-order valence-electron chi connectivity index (χ3n) is 3.90. The number of halogens is 1. The zero-order chi connectivity index (χ0) is 13.7.